The molecule has 0 amide bonds. The fraction of sp³-hybridized carbons (Fsp3) is 0.471. The number of hydrogen-bond donors (Lipinski definition) is 1. The number of rotatable bonds is 3. The van der Waals surface area contributed by atoms with Gasteiger partial charge in [0, 0.05) is 23.4 Å². The predicted molar refractivity (Wildman–Crippen MR) is 83.2 cm³/mol. The van der Waals surface area contributed by atoms with Gasteiger partial charge in [0.15, 0.2) is 0 Å². The second kappa shape index (κ2) is 5.66. The Hall–Kier alpha value is -1.19. The molecule has 0 saturated heterocycles. The van der Waals surface area contributed by atoms with Gasteiger partial charge in [-0.1, -0.05) is 43.2 Å². The summed E-state index contributed by atoms with van der Waals surface area (Å²) in [7, 11) is 0. The smallest absolute Gasteiger partial charge is 0.0957 e. The molecule has 2 unspecified atom stereocenters. The Bertz CT molecular complexity index is 565. The molecule has 3 heteroatoms. The molecule has 20 heavy (non-hydrogen) atoms. The van der Waals surface area contributed by atoms with E-state index < -0.39 is 5.60 Å². The van der Waals surface area contributed by atoms with Crippen molar-refractivity contribution in [3.8, 4) is 0 Å². The largest absolute Gasteiger partial charge is 0.389 e. The molecule has 1 aliphatic rings. The van der Waals surface area contributed by atoms with Gasteiger partial charge in [-0.25, -0.2) is 4.98 Å². The number of nitrogens with zero attached hydrogens (tertiary/aromatic N) is 1. The summed E-state index contributed by atoms with van der Waals surface area (Å²) in [6, 6.07) is 10.5. The number of aromatic nitrogens is 1. The lowest BCUT2D eigenvalue weighted by atomic mass is 9.70. The van der Waals surface area contributed by atoms with Crippen LogP contribution < -0.4 is 0 Å². The minimum atomic E-state index is -0.635. The fourth-order valence-corrected chi connectivity index (χ4v) is 4.23. The molecule has 2 aromatic rings. The van der Waals surface area contributed by atoms with Crippen LogP contribution in [0.3, 0.4) is 0 Å². The topological polar surface area (TPSA) is 33.1 Å². The zero-order chi connectivity index (χ0) is 14.0. The second-order valence-electron chi connectivity index (χ2n) is 5.87. The van der Waals surface area contributed by atoms with E-state index in [2.05, 4.69) is 34.6 Å². The average molecular weight is 287 g/mol. The molecule has 0 radical (unpaired) electrons. The summed E-state index contributed by atoms with van der Waals surface area (Å²) in [6.45, 7) is 2.01. The Kier molecular flexibility index (Phi) is 3.90. The van der Waals surface area contributed by atoms with Crippen LogP contribution in [-0.4, -0.2) is 15.7 Å². The van der Waals surface area contributed by atoms with Crippen LogP contribution in [0, 0.1) is 6.92 Å². The van der Waals surface area contributed by atoms with Crippen LogP contribution in [0.5, 0.6) is 0 Å². The summed E-state index contributed by atoms with van der Waals surface area (Å²) < 4.78 is 0. The average Bonchev–Trinajstić information content (AvgIpc) is 2.85. The van der Waals surface area contributed by atoms with Crippen molar-refractivity contribution in [3.63, 3.8) is 0 Å². The molecule has 1 aromatic heterocycles. The van der Waals surface area contributed by atoms with E-state index in [1.54, 1.807) is 11.3 Å². The molecule has 3 rings (SSSR count). The third kappa shape index (κ3) is 2.79. The Morgan fingerprint density at radius 3 is 2.80 bits per heavy atom. The molecule has 0 aliphatic heterocycles. The van der Waals surface area contributed by atoms with Gasteiger partial charge in [-0.2, -0.15) is 0 Å². The molecule has 1 N–H and O–H groups in total. The normalized spacial score (nSPS) is 26.6. The molecular formula is C17H21NOS. The Labute approximate surface area is 124 Å². The van der Waals surface area contributed by atoms with Gasteiger partial charge < -0.3 is 5.11 Å². The quantitative estimate of drug-likeness (QED) is 0.922. The maximum absolute atomic E-state index is 11.2. The molecular weight excluding hydrogens is 266 g/mol. The van der Waals surface area contributed by atoms with E-state index in [0.717, 1.165) is 30.0 Å². The first-order chi connectivity index (χ1) is 9.67. The molecule has 1 aromatic carbocycles. The van der Waals surface area contributed by atoms with Crippen molar-refractivity contribution < 1.29 is 5.11 Å². The van der Waals surface area contributed by atoms with Crippen molar-refractivity contribution in [2.24, 2.45) is 0 Å². The van der Waals surface area contributed by atoms with E-state index in [9.17, 15) is 5.11 Å². The van der Waals surface area contributed by atoms with Crippen LogP contribution in [0.15, 0.2) is 35.7 Å². The molecule has 106 valence electrons. The fourth-order valence-electron chi connectivity index (χ4n) is 3.34. The standard InChI is InChI=1S/C17H21NOS/c1-13-12-20-16(18-13)11-17(19)10-6-5-9-15(17)14-7-3-2-4-8-14/h2-4,7-8,12,15,19H,5-6,9-11H2,1H3. The number of benzene rings is 1. The minimum absolute atomic E-state index is 0.238. The monoisotopic (exact) mass is 287 g/mol. The molecule has 1 aliphatic carbocycles. The van der Waals surface area contributed by atoms with Crippen molar-refractivity contribution in [1.29, 1.82) is 0 Å². The van der Waals surface area contributed by atoms with Gasteiger partial charge >= 0.3 is 0 Å². The first-order valence-corrected chi connectivity index (χ1v) is 8.24. The van der Waals surface area contributed by atoms with Gasteiger partial charge in [0.25, 0.3) is 0 Å². The van der Waals surface area contributed by atoms with E-state index in [1.807, 2.05) is 13.0 Å². The Balaban J connectivity index is 1.87. The van der Waals surface area contributed by atoms with E-state index in [4.69, 9.17) is 0 Å². The van der Waals surface area contributed by atoms with Gasteiger partial charge in [0.1, 0.15) is 0 Å². The minimum Gasteiger partial charge on any atom is -0.389 e. The summed E-state index contributed by atoms with van der Waals surface area (Å²) in [4.78, 5) is 4.54. The summed E-state index contributed by atoms with van der Waals surface area (Å²) >= 11 is 1.67. The van der Waals surface area contributed by atoms with Gasteiger partial charge in [-0.3, -0.25) is 0 Å². The molecule has 2 atom stereocenters. The van der Waals surface area contributed by atoms with Gasteiger partial charge in [0.2, 0.25) is 0 Å². The van der Waals surface area contributed by atoms with Crippen LogP contribution in [-0.2, 0) is 6.42 Å². The van der Waals surface area contributed by atoms with Crippen molar-refractivity contribution >= 4 is 11.3 Å². The summed E-state index contributed by atoms with van der Waals surface area (Å²) in [5, 5.41) is 14.3. The summed E-state index contributed by atoms with van der Waals surface area (Å²) in [6.07, 6.45) is 4.96. The Morgan fingerprint density at radius 1 is 1.30 bits per heavy atom. The van der Waals surface area contributed by atoms with Crippen LogP contribution in [0.4, 0.5) is 0 Å². The highest BCUT2D eigenvalue weighted by atomic mass is 32.1. The number of thiazole rings is 1. The van der Waals surface area contributed by atoms with Crippen LogP contribution in [0.25, 0.3) is 0 Å². The van der Waals surface area contributed by atoms with Crippen molar-refractivity contribution in [1.82, 2.24) is 4.98 Å². The van der Waals surface area contributed by atoms with Gasteiger partial charge in [-0.15, -0.1) is 11.3 Å². The Morgan fingerprint density at radius 2 is 2.10 bits per heavy atom. The maximum atomic E-state index is 11.2. The predicted octanol–water partition coefficient (Wildman–Crippen LogP) is 4.08. The zero-order valence-corrected chi connectivity index (χ0v) is 12.7. The highest BCUT2D eigenvalue weighted by Crippen LogP contribution is 2.43. The van der Waals surface area contributed by atoms with E-state index in [0.29, 0.717) is 6.42 Å². The lowest BCUT2D eigenvalue weighted by Gasteiger charge is -2.40. The molecule has 1 fully saturated rings. The van der Waals surface area contributed by atoms with Crippen LogP contribution in [0.1, 0.15) is 47.9 Å². The van der Waals surface area contributed by atoms with E-state index in [1.165, 1.54) is 12.0 Å². The molecule has 0 bridgehead atoms. The number of hydrogen-bond acceptors (Lipinski definition) is 3. The molecule has 0 spiro atoms. The highest BCUT2D eigenvalue weighted by molar-refractivity contribution is 7.09. The van der Waals surface area contributed by atoms with Crippen LogP contribution in [0.2, 0.25) is 0 Å². The molecule has 2 nitrogen and oxygen atoms in total. The van der Waals surface area contributed by atoms with Gasteiger partial charge in [0.05, 0.1) is 10.6 Å². The zero-order valence-electron chi connectivity index (χ0n) is 11.9. The SMILES string of the molecule is Cc1csc(CC2(O)CCCCC2c2ccccc2)n1. The van der Waals surface area contributed by atoms with Gasteiger partial charge in [-0.05, 0) is 25.3 Å². The number of aliphatic hydroxyl groups is 1. The first kappa shape index (κ1) is 13.8. The summed E-state index contributed by atoms with van der Waals surface area (Å²) in [5.41, 5.74) is 1.69. The van der Waals surface area contributed by atoms with Crippen LogP contribution >= 0.6 is 11.3 Å². The third-order valence-electron chi connectivity index (χ3n) is 4.33. The van der Waals surface area contributed by atoms with Crippen molar-refractivity contribution in [3.05, 3.63) is 52.0 Å². The molecule has 1 heterocycles. The summed E-state index contributed by atoms with van der Waals surface area (Å²) in [5.74, 6) is 0.238. The second-order valence-corrected chi connectivity index (χ2v) is 6.81. The van der Waals surface area contributed by atoms with Crippen molar-refractivity contribution in [2.75, 3.05) is 0 Å². The lowest BCUT2D eigenvalue weighted by molar-refractivity contribution is -0.0167. The first-order valence-electron chi connectivity index (χ1n) is 7.36. The maximum Gasteiger partial charge on any atom is 0.0957 e. The van der Waals surface area contributed by atoms with Crippen molar-refractivity contribution in [2.45, 2.75) is 50.5 Å². The highest BCUT2D eigenvalue weighted by Gasteiger charge is 2.40. The number of aryl methyl sites for hydroxylation is 1. The lowest BCUT2D eigenvalue weighted by Crippen LogP contribution is -2.41. The third-order valence-corrected chi connectivity index (χ3v) is 5.29. The van der Waals surface area contributed by atoms with E-state index >= 15 is 0 Å². The van der Waals surface area contributed by atoms with E-state index in [-0.39, 0.29) is 5.92 Å². The molecule has 1 saturated carbocycles.